The molecule has 3 rings (SSSR count). The third-order valence-corrected chi connectivity index (χ3v) is 3.15. The van der Waals surface area contributed by atoms with Crippen LogP contribution in [0.25, 0.3) is 11.3 Å². The molecule has 0 fully saturated rings. The van der Waals surface area contributed by atoms with Gasteiger partial charge in [-0.2, -0.15) is 0 Å². The van der Waals surface area contributed by atoms with Gasteiger partial charge in [0.2, 0.25) is 0 Å². The predicted molar refractivity (Wildman–Crippen MR) is 81.4 cm³/mol. The van der Waals surface area contributed by atoms with E-state index in [1.165, 1.54) is 0 Å². The first kappa shape index (κ1) is 12.4. The van der Waals surface area contributed by atoms with Crippen LogP contribution in [-0.4, -0.2) is 4.98 Å². The van der Waals surface area contributed by atoms with Gasteiger partial charge in [-0.25, -0.2) is 0 Å². The Morgan fingerprint density at radius 3 is 2.55 bits per heavy atom. The lowest BCUT2D eigenvalue weighted by Gasteiger charge is -2.08. The Morgan fingerprint density at radius 1 is 0.950 bits per heavy atom. The third kappa shape index (κ3) is 2.67. The van der Waals surface area contributed by atoms with Gasteiger partial charge in [0.05, 0.1) is 11.4 Å². The van der Waals surface area contributed by atoms with E-state index in [-0.39, 0.29) is 0 Å². The molecule has 1 aromatic heterocycles. The van der Waals surface area contributed by atoms with Gasteiger partial charge >= 0.3 is 0 Å². The smallest absolute Gasteiger partial charge is 0.120 e. The summed E-state index contributed by atoms with van der Waals surface area (Å²) in [4.78, 5) is 3.14. The number of nitrogen functional groups attached to an aromatic ring is 1. The van der Waals surface area contributed by atoms with Gasteiger partial charge in [0, 0.05) is 11.8 Å². The van der Waals surface area contributed by atoms with Crippen molar-refractivity contribution >= 4 is 5.69 Å². The van der Waals surface area contributed by atoms with E-state index in [0.29, 0.717) is 6.61 Å². The Bertz CT molecular complexity index is 689. The largest absolute Gasteiger partial charge is 0.489 e. The van der Waals surface area contributed by atoms with Crippen LogP contribution in [0.2, 0.25) is 0 Å². The van der Waals surface area contributed by atoms with E-state index in [1.807, 2.05) is 66.9 Å². The number of H-pyrrole nitrogens is 1. The molecule has 20 heavy (non-hydrogen) atoms. The zero-order chi connectivity index (χ0) is 13.8. The van der Waals surface area contributed by atoms with Crippen molar-refractivity contribution < 1.29 is 4.74 Å². The first-order valence-corrected chi connectivity index (χ1v) is 6.53. The topological polar surface area (TPSA) is 51.0 Å². The lowest BCUT2D eigenvalue weighted by atomic mass is 10.1. The number of hydrogen-bond donors (Lipinski definition) is 2. The summed E-state index contributed by atoms with van der Waals surface area (Å²) in [7, 11) is 0. The third-order valence-electron chi connectivity index (χ3n) is 3.15. The number of rotatable bonds is 4. The quantitative estimate of drug-likeness (QED) is 0.752. The van der Waals surface area contributed by atoms with Crippen LogP contribution >= 0.6 is 0 Å². The lowest BCUT2D eigenvalue weighted by Crippen LogP contribution is -1.95. The summed E-state index contributed by atoms with van der Waals surface area (Å²) in [5.41, 5.74) is 9.76. The second-order valence-electron chi connectivity index (χ2n) is 4.61. The summed E-state index contributed by atoms with van der Waals surface area (Å²) < 4.78 is 5.82. The second-order valence-corrected chi connectivity index (χ2v) is 4.61. The first-order chi connectivity index (χ1) is 9.83. The van der Waals surface area contributed by atoms with E-state index in [0.717, 1.165) is 28.3 Å². The molecule has 0 radical (unpaired) electrons. The molecule has 0 unspecified atom stereocenters. The van der Waals surface area contributed by atoms with Crippen molar-refractivity contribution in [1.82, 2.24) is 4.98 Å². The molecule has 0 aliphatic rings. The highest BCUT2D eigenvalue weighted by Crippen LogP contribution is 2.27. The van der Waals surface area contributed by atoms with E-state index < -0.39 is 0 Å². The Morgan fingerprint density at radius 2 is 1.80 bits per heavy atom. The minimum Gasteiger partial charge on any atom is -0.489 e. The maximum absolute atomic E-state index is 5.92. The van der Waals surface area contributed by atoms with Gasteiger partial charge in [-0.3, -0.25) is 0 Å². The predicted octanol–water partition coefficient (Wildman–Crippen LogP) is 3.84. The van der Waals surface area contributed by atoms with Crippen molar-refractivity contribution in [3.63, 3.8) is 0 Å². The molecular formula is C17H16N2O. The number of aromatic amines is 1. The number of nitrogens with two attached hydrogens (primary N) is 1. The Kier molecular flexibility index (Phi) is 3.42. The van der Waals surface area contributed by atoms with Crippen LogP contribution in [0.3, 0.4) is 0 Å². The van der Waals surface area contributed by atoms with Crippen LogP contribution in [0.1, 0.15) is 5.56 Å². The van der Waals surface area contributed by atoms with Crippen molar-refractivity contribution in [3.8, 4) is 17.0 Å². The van der Waals surface area contributed by atoms with Gasteiger partial charge in [0.15, 0.2) is 0 Å². The van der Waals surface area contributed by atoms with Gasteiger partial charge in [0.25, 0.3) is 0 Å². The van der Waals surface area contributed by atoms with Crippen LogP contribution < -0.4 is 10.5 Å². The van der Waals surface area contributed by atoms with Crippen molar-refractivity contribution in [2.24, 2.45) is 0 Å². The highest BCUT2D eigenvalue weighted by Gasteiger charge is 2.04. The van der Waals surface area contributed by atoms with Crippen molar-refractivity contribution in [1.29, 1.82) is 0 Å². The summed E-state index contributed by atoms with van der Waals surface area (Å²) in [6, 6.07) is 19.9. The number of nitrogens with one attached hydrogen (secondary N) is 1. The molecule has 3 aromatic rings. The highest BCUT2D eigenvalue weighted by molar-refractivity contribution is 5.73. The Labute approximate surface area is 118 Å². The van der Waals surface area contributed by atoms with Crippen molar-refractivity contribution in [2.45, 2.75) is 6.61 Å². The van der Waals surface area contributed by atoms with E-state index >= 15 is 0 Å². The minimum absolute atomic E-state index is 0.560. The normalized spacial score (nSPS) is 10.4. The van der Waals surface area contributed by atoms with Crippen molar-refractivity contribution in [2.75, 3.05) is 5.73 Å². The Balaban J connectivity index is 1.77. The first-order valence-electron chi connectivity index (χ1n) is 6.53. The molecule has 0 atom stereocenters. The van der Waals surface area contributed by atoms with Crippen LogP contribution in [0.4, 0.5) is 5.69 Å². The zero-order valence-corrected chi connectivity index (χ0v) is 11.0. The fourth-order valence-electron chi connectivity index (χ4n) is 2.11. The molecule has 3 heteroatoms. The number of aromatic nitrogens is 1. The van der Waals surface area contributed by atoms with Crippen LogP contribution in [0, 0.1) is 0 Å². The minimum atomic E-state index is 0.560. The summed E-state index contributed by atoms with van der Waals surface area (Å²) in [6.07, 6.45) is 1.84. The maximum atomic E-state index is 5.92. The molecular weight excluding hydrogens is 248 g/mol. The van der Waals surface area contributed by atoms with Gasteiger partial charge in [-0.05, 0) is 23.8 Å². The highest BCUT2D eigenvalue weighted by atomic mass is 16.5. The van der Waals surface area contributed by atoms with Gasteiger partial charge < -0.3 is 15.5 Å². The van der Waals surface area contributed by atoms with E-state index in [2.05, 4.69) is 4.98 Å². The average molecular weight is 264 g/mol. The molecule has 0 amide bonds. The number of benzene rings is 2. The fourth-order valence-corrected chi connectivity index (χ4v) is 2.11. The van der Waals surface area contributed by atoms with E-state index in [9.17, 15) is 0 Å². The standard InChI is InChI=1S/C17H16N2O/c18-16-9-10-19-17(16)14-7-4-8-15(11-14)20-12-13-5-2-1-3-6-13/h1-11,19H,12,18H2. The van der Waals surface area contributed by atoms with Gasteiger partial charge in [0.1, 0.15) is 12.4 Å². The van der Waals surface area contributed by atoms with Crippen molar-refractivity contribution in [3.05, 3.63) is 72.4 Å². The molecule has 2 aromatic carbocycles. The molecule has 1 heterocycles. The van der Waals surface area contributed by atoms with E-state index in [4.69, 9.17) is 10.5 Å². The molecule has 0 saturated heterocycles. The van der Waals surface area contributed by atoms with Gasteiger partial charge in [-0.1, -0.05) is 42.5 Å². The molecule has 3 N–H and O–H groups in total. The molecule has 100 valence electrons. The van der Waals surface area contributed by atoms with Crippen LogP contribution in [-0.2, 0) is 6.61 Å². The van der Waals surface area contributed by atoms with Crippen LogP contribution in [0.5, 0.6) is 5.75 Å². The van der Waals surface area contributed by atoms with Gasteiger partial charge in [-0.15, -0.1) is 0 Å². The molecule has 0 spiro atoms. The molecule has 0 aliphatic heterocycles. The summed E-state index contributed by atoms with van der Waals surface area (Å²) in [5.74, 6) is 0.834. The number of ether oxygens (including phenoxy) is 1. The Hall–Kier alpha value is -2.68. The molecule has 0 bridgehead atoms. The van der Waals surface area contributed by atoms with E-state index in [1.54, 1.807) is 0 Å². The summed E-state index contributed by atoms with van der Waals surface area (Å²) in [5, 5.41) is 0. The molecule has 0 saturated carbocycles. The molecule has 3 nitrogen and oxygen atoms in total. The fraction of sp³-hybridized carbons (Fsp3) is 0.0588. The zero-order valence-electron chi connectivity index (χ0n) is 11.0. The summed E-state index contributed by atoms with van der Waals surface area (Å²) in [6.45, 7) is 0.560. The number of anilines is 1. The monoisotopic (exact) mass is 264 g/mol. The maximum Gasteiger partial charge on any atom is 0.120 e. The molecule has 0 aliphatic carbocycles. The average Bonchev–Trinajstić information content (AvgIpc) is 2.93. The second kappa shape index (κ2) is 5.53. The summed E-state index contributed by atoms with van der Waals surface area (Å²) >= 11 is 0. The number of hydrogen-bond acceptors (Lipinski definition) is 2. The SMILES string of the molecule is Nc1cc[nH]c1-c1cccc(OCc2ccccc2)c1. The van der Waals surface area contributed by atoms with Crippen LogP contribution in [0.15, 0.2) is 66.9 Å². The lowest BCUT2D eigenvalue weighted by molar-refractivity contribution is 0.306.